The van der Waals surface area contributed by atoms with E-state index in [1.807, 2.05) is 48.4 Å². The molecule has 0 radical (unpaired) electrons. The van der Waals surface area contributed by atoms with Gasteiger partial charge in [-0.3, -0.25) is 9.59 Å². The van der Waals surface area contributed by atoms with Crippen molar-refractivity contribution >= 4 is 52.4 Å². The average molecular weight is 685 g/mol. The van der Waals surface area contributed by atoms with Crippen LogP contribution in [-0.4, -0.2) is 67.1 Å². The molecule has 1 saturated carbocycles. The van der Waals surface area contributed by atoms with Crippen LogP contribution < -0.4 is 20.3 Å². The fraction of sp³-hybridized carbons (Fsp3) is 0.457. The maximum Gasteiger partial charge on any atom is 0.228 e. The highest BCUT2D eigenvalue weighted by Crippen LogP contribution is 2.38. The van der Waals surface area contributed by atoms with Crippen LogP contribution in [0.5, 0.6) is 5.75 Å². The normalized spacial score (nSPS) is 21.2. The second-order valence-corrected chi connectivity index (χ2v) is 13.9. The Kier molecular flexibility index (Phi) is 10.3. The fourth-order valence-corrected chi connectivity index (χ4v) is 7.48. The van der Waals surface area contributed by atoms with E-state index in [9.17, 15) is 9.59 Å². The number of piperidine rings is 1. The topological polar surface area (TPSA) is 86.8 Å². The maximum atomic E-state index is 14.2. The molecule has 0 bridgehead atoms. The summed E-state index contributed by atoms with van der Waals surface area (Å²) in [5.41, 5.74) is 3.82. The van der Waals surface area contributed by atoms with Gasteiger partial charge in [0.1, 0.15) is 11.9 Å². The van der Waals surface area contributed by atoms with E-state index in [2.05, 4.69) is 27.7 Å². The SMILES string of the molecule is CNC(=O)Cc1ccc(Cl)c(CN(C(=O)C2CNCCC2c2ccc(N3CC[C@H](Oc4c(Cl)cc(C)cc4Cl)C3)nc2)C2CC2)c1. The molecule has 8 nitrogen and oxygen atoms in total. The summed E-state index contributed by atoms with van der Waals surface area (Å²) in [5.74, 6) is 1.36. The minimum atomic E-state index is -0.205. The van der Waals surface area contributed by atoms with Gasteiger partial charge in [0.25, 0.3) is 0 Å². The highest BCUT2D eigenvalue weighted by Gasteiger charge is 2.40. The van der Waals surface area contributed by atoms with Crippen LogP contribution in [0.15, 0.2) is 48.7 Å². The van der Waals surface area contributed by atoms with E-state index < -0.39 is 0 Å². The van der Waals surface area contributed by atoms with Crippen molar-refractivity contribution in [3.05, 3.63) is 86.0 Å². The Morgan fingerprint density at radius 1 is 1.04 bits per heavy atom. The van der Waals surface area contributed by atoms with Gasteiger partial charge in [0, 0.05) is 50.4 Å². The Bertz CT molecular complexity index is 1560. The molecule has 2 unspecified atom stereocenters. The minimum Gasteiger partial charge on any atom is -0.485 e. The molecular weight excluding hydrogens is 645 g/mol. The lowest BCUT2D eigenvalue weighted by molar-refractivity contribution is -0.138. The van der Waals surface area contributed by atoms with E-state index in [1.54, 1.807) is 7.05 Å². The van der Waals surface area contributed by atoms with Gasteiger partial charge in [-0.25, -0.2) is 4.98 Å². The number of rotatable bonds is 10. The van der Waals surface area contributed by atoms with Gasteiger partial charge in [-0.05, 0) is 85.2 Å². The molecular formula is C35H40Cl3N5O3. The van der Waals surface area contributed by atoms with Crippen LogP contribution in [0.1, 0.15) is 53.9 Å². The van der Waals surface area contributed by atoms with Crippen LogP contribution in [0.25, 0.3) is 0 Å². The molecule has 11 heteroatoms. The van der Waals surface area contributed by atoms with E-state index in [-0.39, 0.29) is 42.2 Å². The predicted molar refractivity (Wildman–Crippen MR) is 183 cm³/mol. The van der Waals surface area contributed by atoms with Crippen molar-refractivity contribution in [1.29, 1.82) is 0 Å². The number of hydrogen-bond donors (Lipinski definition) is 2. The number of aryl methyl sites for hydroxylation is 1. The standard InChI is InChI=1S/C35H40Cl3N5O3/c1-21-13-30(37)34(31(38)14-21)46-26-10-12-42(20-26)32-8-4-23(17-41-32)27-9-11-40-18-28(27)35(45)43(25-5-6-25)19-24-15-22(3-7-29(24)36)16-33(44)39-2/h3-4,7-8,13-15,17,25-28,40H,5-6,9-12,16,18-20H2,1-2H3,(H,39,44)/t26-,27?,28?/m0/s1. The van der Waals surface area contributed by atoms with Crippen molar-refractivity contribution in [2.24, 2.45) is 5.92 Å². The number of aromatic nitrogens is 1. The molecule has 1 aromatic heterocycles. The number of anilines is 1. The number of halogens is 3. The number of ether oxygens (including phenoxy) is 1. The molecule has 2 saturated heterocycles. The van der Waals surface area contributed by atoms with E-state index >= 15 is 0 Å². The van der Waals surface area contributed by atoms with Gasteiger partial charge in [-0.1, -0.05) is 53.0 Å². The van der Waals surface area contributed by atoms with Crippen molar-refractivity contribution in [3.8, 4) is 5.75 Å². The first-order valence-electron chi connectivity index (χ1n) is 16.0. The number of nitrogens with zero attached hydrogens (tertiary/aromatic N) is 3. The number of pyridine rings is 1. The first-order valence-corrected chi connectivity index (χ1v) is 17.2. The fourth-order valence-electron chi connectivity index (χ4n) is 6.62. The lowest BCUT2D eigenvalue weighted by Gasteiger charge is -2.36. The van der Waals surface area contributed by atoms with Crippen molar-refractivity contribution in [3.63, 3.8) is 0 Å². The highest BCUT2D eigenvalue weighted by atomic mass is 35.5. The Hall–Kier alpha value is -3.04. The zero-order valence-corrected chi connectivity index (χ0v) is 28.5. The van der Waals surface area contributed by atoms with E-state index in [1.165, 1.54) is 0 Å². The number of hydrogen-bond acceptors (Lipinski definition) is 6. The molecule has 3 fully saturated rings. The second kappa shape index (κ2) is 14.4. The number of likely N-dealkylation sites (N-methyl/N-ethyl adjacent to an activating group) is 1. The van der Waals surface area contributed by atoms with Gasteiger partial charge in [0.05, 0.1) is 28.9 Å². The molecule has 3 heterocycles. The quantitative estimate of drug-likeness (QED) is 0.265. The Morgan fingerprint density at radius 2 is 1.83 bits per heavy atom. The number of nitrogens with one attached hydrogen (secondary N) is 2. The van der Waals surface area contributed by atoms with Gasteiger partial charge in [0.2, 0.25) is 11.8 Å². The zero-order valence-electron chi connectivity index (χ0n) is 26.2. The van der Waals surface area contributed by atoms with Crippen molar-refractivity contribution in [2.45, 2.75) is 63.6 Å². The molecule has 6 rings (SSSR count). The van der Waals surface area contributed by atoms with E-state index in [0.29, 0.717) is 40.5 Å². The molecule has 3 aromatic rings. The van der Waals surface area contributed by atoms with Crippen LogP contribution in [0, 0.1) is 12.8 Å². The zero-order chi connectivity index (χ0) is 32.4. The number of benzene rings is 2. The van der Waals surface area contributed by atoms with Crippen LogP contribution in [-0.2, 0) is 22.6 Å². The second-order valence-electron chi connectivity index (χ2n) is 12.7. The van der Waals surface area contributed by atoms with Gasteiger partial charge < -0.3 is 25.2 Å². The predicted octanol–water partition coefficient (Wildman–Crippen LogP) is 6.18. The van der Waals surface area contributed by atoms with Crippen LogP contribution in [0.4, 0.5) is 5.82 Å². The molecule has 2 amide bonds. The molecule has 2 N–H and O–H groups in total. The highest BCUT2D eigenvalue weighted by molar-refractivity contribution is 6.37. The molecule has 2 aromatic carbocycles. The third kappa shape index (κ3) is 7.57. The van der Waals surface area contributed by atoms with Gasteiger partial charge in [0.15, 0.2) is 5.75 Å². The molecule has 244 valence electrons. The number of carbonyl (C=O) groups is 2. The summed E-state index contributed by atoms with van der Waals surface area (Å²) in [4.78, 5) is 35.3. The third-order valence-corrected chi connectivity index (χ3v) is 10.2. The maximum absolute atomic E-state index is 14.2. The van der Waals surface area contributed by atoms with Gasteiger partial charge >= 0.3 is 0 Å². The summed E-state index contributed by atoms with van der Waals surface area (Å²) in [6.07, 6.45) is 5.85. The summed E-state index contributed by atoms with van der Waals surface area (Å²) < 4.78 is 6.22. The lowest BCUT2D eigenvalue weighted by Crippen LogP contribution is -2.47. The van der Waals surface area contributed by atoms with Gasteiger partial charge in [-0.2, -0.15) is 0 Å². The van der Waals surface area contributed by atoms with Gasteiger partial charge in [-0.15, -0.1) is 0 Å². The third-order valence-electron chi connectivity index (χ3n) is 9.26. The number of amides is 2. The summed E-state index contributed by atoms with van der Waals surface area (Å²) in [6, 6.07) is 13.8. The van der Waals surface area contributed by atoms with Crippen molar-refractivity contribution < 1.29 is 14.3 Å². The van der Waals surface area contributed by atoms with Crippen molar-refractivity contribution in [2.75, 3.05) is 38.1 Å². The molecule has 3 aliphatic rings. The lowest BCUT2D eigenvalue weighted by atomic mass is 9.80. The van der Waals surface area contributed by atoms with Crippen LogP contribution in [0.3, 0.4) is 0 Å². The molecule has 3 atom stereocenters. The molecule has 0 spiro atoms. The monoisotopic (exact) mass is 683 g/mol. The summed E-state index contributed by atoms with van der Waals surface area (Å²) in [6.45, 7) is 5.35. The van der Waals surface area contributed by atoms with Crippen LogP contribution in [0.2, 0.25) is 15.1 Å². The average Bonchev–Trinajstić information content (AvgIpc) is 3.79. The molecule has 1 aliphatic carbocycles. The first kappa shape index (κ1) is 32.9. The Balaban J connectivity index is 1.13. The molecule has 46 heavy (non-hydrogen) atoms. The number of carbonyl (C=O) groups excluding carboxylic acids is 2. The molecule has 2 aliphatic heterocycles. The van der Waals surface area contributed by atoms with E-state index in [4.69, 9.17) is 44.5 Å². The van der Waals surface area contributed by atoms with Crippen molar-refractivity contribution in [1.82, 2.24) is 20.5 Å². The van der Waals surface area contributed by atoms with Crippen LogP contribution >= 0.6 is 34.8 Å². The first-order chi connectivity index (χ1) is 22.2. The summed E-state index contributed by atoms with van der Waals surface area (Å²) >= 11 is 19.4. The minimum absolute atomic E-state index is 0.0444. The van der Waals surface area contributed by atoms with E-state index in [0.717, 1.165) is 66.8 Å². The summed E-state index contributed by atoms with van der Waals surface area (Å²) in [5, 5.41) is 7.78. The Labute approximate surface area is 285 Å². The Morgan fingerprint density at radius 3 is 2.52 bits per heavy atom. The summed E-state index contributed by atoms with van der Waals surface area (Å²) in [7, 11) is 1.63. The smallest absolute Gasteiger partial charge is 0.228 e. The largest absolute Gasteiger partial charge is 0.485 e.